The van der Waals surface area contributed by atoms with Gasteiger partial charge in [-0.05, 0) is 6.07 Å². The summed E-state index contributed by atoms with van der Waals surface area (Å²) in [6.45, 7) is 0. The zero-order valence-corrected chi connectivity index (χ0v) is 7.01. The molecule has 0 aliphatic carbocycles. The van der Waals surface area contributed by atoms with Crippen molar-refractivity contribution in [3.8, 4) is 12.1 Å². The van der Waals surface area contributed by atoms with Gasteiger partial charge < -0.3 is 4.42 Å². The van der Waals surface area contributed by atoms with Crippen LogP contribution in [0.3, 0.4) is 0 Å². The second-order valence-electron chi connectivity index (χ2n) is 2.51. The van der Waals surface area contributed by atoms with Gasteiger partial charge in [-0.2, -0.15) is 10.5 Å². The van der Waals surface area contributed by atoms with E-state index in [2.05, 4.69) is 0 Å². The van der Waals surface area contributed by atoms with Crippen molar-refractivity contribution in [2.24, 2.45) is 5.92 Å². The Morgan fingerprint density at radius 3 is 2.57 bits per heavy atom. The minimum absolute atomic E-state index is 0.0703. The summed E-state index contributed by atoms with van der Waals surface area (Å²) in [5.74, 6) is -0.944. The van der Waals surface area contributed by atoms with Crippen LogP contribution < -0.4 is 0 Å². The number of furan rings is 1. The minimum atomic E-state index is -0.833. The molecular weight excluding hydrogens is 186 g/mol. The highest BCUT2D eigenvalue weighted by atomic mass is 16.6. The number of hydrogen-bond donors (Lipinski definition) is 0. The van der Waals surface area contributed by atoms with Crippen LogP contribution in [0.4, 0.5) is 5.88 Å². The van der Waals surface area contributed by atoms with Gasteiger partial charge in [-0.1, -0.05) is 0 Å². The molecule has 0 saturated heterocycles. The molecule has 0 bridgehead atoms. The molecule has 0 amide bonds. The molecule has 0 aliphatic heterocycles. The topological polar surface area (TPSA) is 104 Å². The molecule has 0 aromatic carbocycles. The van der Waals surface area contributed by atoms with Gasteiger partial charge in [-0.3, -0.25) is 10.1 Å². The van der Waals surface area contributed by atoms with Crippen LogP contribution in [0.15, 0.2) is 16.5 Å². The van der Waals surface area contributed by atoms with Gasteiger partial charge >= 0.3 is 5.88 Å². The Balaban J connectivity index is 2.75. The molecule has 6 heteroatoms. The molecule has 0 atom stereocenters. The molecule has 0 N–H and O–H groups in total. The summed E-state index contributed by atoms with van der Waals surface area (Å²) in [5.41, 5.74) is 0. The van der Waals surface area contributed by atoms with Crippen LogP contribution >= 0.6 is 0 Å². The lowest BCUT2D eigenvalue weighted by atomic mass is 10.1. The molecule has 0 spiro atoms. The van der Waals surface area contributed by atoms with E-state index >= 15 is 0 Å². The second-order valence-corrected chi connectivity index (χ2v) is 2.51. The van der Waals surface area contributed by atoms with E-state index in [0.29, 0.717) is 0 Å². The van der Waals surface area contributed by atoms with Crippen molar-refractivity contribution in [3.63, 3.8) is 0 Å². The summed E-state index contributed by atoms with van der Waals surface area (Å²) < 4.78 is 4.78. The minimum Gasteiger partial charge on any atom is -0.406 e. The monoisotopic (exact) mass is 191 g/mol. The molecule has 1 rings (SSSR count). The number of nitriles is 2. The van der Waals surface area contributed by atoms with E-state index in [9.17, 15) is 10.1 Å². The first-order valence-corrected chi connectivity index (χ1v) is 3.69. The summed E-state index contributed by atoms with van der Waals surface area (Å²) in [6, 6.07) is 6.08. The third kappa shape index (κ3) is 2.08. The first-order valence-electron chi connectivity index (χ1n) is 3.69. The smallest absolute Gasteiger partial charge is 0.406 e. The zero-order chi connectivity index (χ0) is 10.6. The fourth-order valence-electron chi connectivity index (χ4n) is 0.896. The first kappa shape index (κ1) is 9.75. The van der Waals surface area contributed by atoms with Gasteiger partial charge in [0, 0.05) is 6.42 Å². The Bertz CT molecular complexity index is 410. The van der Waals surface area contributed by atoms with Crippen molar-refractivity contribution in [1.82, 2.24) is 0 Å². The van der Waals surface area contributed by atoms with E-state index in [1.165, 1.54) is 12.1 Å². The zero-order valence-electron chi connectivity index (χ0n) is 7.01. The maximum atomic E-state index is 10.2. The summed E-state index contributed by atoms with van der Waals surface area (Å²) in [4.78, 5) is 9.55. The molecule has 70 valence electrons. The summed E-state index contributed by atoms with van der Waals surface area (Å²) in [7, 11) is 0. The van der Waals surface area contributed by atoms with E-state index < -0.39 is 10.8 Å². The Hall–Kier alpha value is -2.34. The number of nitro groups is 1. The second kappa shape index (κ2) is 4.06. The highest BCUT2D eigenvalue weighted by Crippen LogP contribution is 2.18. The Morgan fingerprint density at radius 2 is 2.14 bits per heavy atom. The summed E-state index contributed by atoms with van der Waals surface area (Å²) >= 11 is 0. The molecule has 0 radical (unpaired) electrons. The predicted molar refractivity (Wildman–Crippen MR) is 43.8 cm³/mol. The number of hydrogen-bond acceptors (Lipinski definition) is 5. The third-order valence-electron chi connectivity index (χ3n) is 1.54. The fourth-order valence-corrected chi connectivity index (χ4v) is 0.896. The predicted octanol–water partition coefficient (Wildman–Crippen LogP) is 1.39. The van der Waals surface area contributed by atoms with Crippen LogP contribution in [0.25, 0.3) is 0 Å². The lowest BCUT2D eigenvalue weighted by molar-refractivity contribution is -0.402. The Morgan fingerprint density at radius 1 is 1.50 bits per heavy atom. The van der Waals surface area contributed by atoms with Crippen molar-refractivity contribution >= 4 is 5.88 Å². The molecule has 14 heavy (non-hydrogen) atoms. The number of nitrogens with zero attached hydrogens (tertiary/aromatic N) is 3. The van der Waals surface area contributed by atoms with Gasteiger partial charge in [0.25, 0.3) is 0 Å². The maximum Gasteiger partial charge on any atom is 0.433 e. The van der Waals surface area contributed by atoms with E-state index in [-0.39, 0.29) is 18.1 Å². The van der Waals surface area contributed by atoms with Crippen molar-refractivity contribution in [1.29, 1.82) is 10.5 Å². The largest absolute Gasteiger partial charge is 0.433 e. The molecule has 0 saturated carbocycles. The number of rotatable bonds is 3. The normalized spacial score (nSPS) is 9.36. The van der Waals surface area contributed by atoms with Gasteiger partial charge in [0.05, 0.1) is 18.2 Å². The third-order valence-corrected chi connectivity index (χ3v) is 1.54. The van der Waals surface area contributed by atoms with Crippen molar-refractivity contribution in [2.45, 2.75) is 6.42 Å². The van der Waals surface area contributed by atoms with Crippen molar-refractivity contribution < 1.29 is 9.34 Å². The van der Waals surface area contributed by atoms with Crippen LogP contribution in [-0.4, -0.2) is 4.92 Å². The SMILES string of the molecule is N#CC(C#N)Cc1ccc([N+](=O)[O-])o1. The van der Waals surface area contributed by atoms with E-state index in [0.717, 1.165) is 0 Å². The highest BCUT2D eigenvalue weighted by molar-refractivity contribution is 5.19. The van der Waals surface area contributed by atoms with Crippen molar-refractivity contribution in [2.75, 3.05) is 0 Å². The van der Waals surface area contributed by atoms with Gasteiger partial charge in [0.1, 0.15) is 16.6 Å². The highest BCUT2D eigenvalue weighted by Gasteiger charge is 2.15. The van der Waals surface area contributed by atoms with E-state index in [1.807, 2.05) is 0 Å². The molecule has 1 aromatic heterocycles. The van der Waals surface area contributed by atoms with Gasteiger partial charge in [0.15, 0.2) is 0 Å². The lowest BCUT2D eigenvalue weighted by Crippen LogP contribution is -1.96. The average Bonchev–Trinajstić information content (AvgIpc) is 2.62. The van der Waals surface area contributed by atoms with Crippen LogP contribution in [0, 0.1) is 38.7 Å². The van der Waals surface area contributed by atoms with Gasteiger partial charge in [-0.25, -0.2) is 0 Å². The van der Waals surface area contributed by atoms with E-state index in [4.69, 9.17) is 14.9 Å². The van der Waals surface area contributed by atoms with Gasteiger partial charge in [-0.15, -0.1) is 0 Å². The molecule has 6 nitrogen and oxygen atoms in total. The summed E-state index contributed by atoms with van der Waals surface area (Å²) in [5, 5.41) is 27.1. The molecular formula is C8H5N3O3. The first-order chi connectivity index (χ1) is 6.67. The quantitative estimate of drug-likeness (QED) is 0.530. The molecule has 1 aromatic rings. The summed E-state index contributed by atoms with van der Waals surface area (Å²) in [6.07, 6.45) is 0.0703. The Labute approximate surface area is 79.1 Å². The van der Waals surface area contributed by atoms with Crippen LogP contribution in [-0.2, 0) is 6.42 Å². The maximum absolute atomic E-state index is 10.2. The van der Waals surface area contributed by atoms with Crippen LogP contribution in [0.1, 0.15) is 5.76 Å². The molecule has 1 heterocycles. The van der Waals surface area contributed by atoms with Gasteiger partial charge in [0.2, 0.25) is 0 Å². The molecule has 0 aliphatic rings. The van der Waals surface area contributed by atoms with E-state index in [1.54, 1.807) is 12.1 Å². The van der Waals surface area contributed by atoms with Crippen LogP contribution in [0.2, 0.25) is 0 Å². The van der Waals surface area contributed by atoms with Crippen molar-refractivity contribution in [3.05, 3.63) is 28.0 Å². The van der Waals surface area contributed by atoms with Crippen LogP contribution in [0.5, 0.6) is 0 Å². The molecule has 0 unspecified atom stereocenters. The fraction of sp³-hybridized carbons (Fsp3) is 0.250. The lowest BCUT2D eigenvalue weighted by Gasteiger charge is -1.93. The Kier molecular flexibility index (Phi) is 2.82. The average molecular weight is 191 g/mol. The molecule has 0 fully saturated rings. The standard InChI is InChI=1S/C8H5N3O3/c9-4-6(5-10)3-7-1-2-8(14-7)11(12)13/h1-2,6H,3H2.